The van der Waals surface area contributed by atoms with Gasteiger partial charge in [0.1, 0.15) is 0 Å². The van der Waals surface area contributed by atoms with E-state index < -0.39 is 24.7 Å². The average molecular weight is 310 g/mol. The van der Waals surface area contributed by atoms with Crippen molar-refractivity contribution >= 4 is 5.97 Å². The van der Waals surface area contributed by atoms with Crippen LogP contribution in [0.5, 0.6) is 0 Å². The fourth-order valence-corrected chi connectivity index (χ4v) is 1.50. The number of aliphatic carboxylic acids is 1. The lowest BCUT2D eigenvalue weighted by Gasteiger charge is -2.31. The molecule has 0 aromatic heterocycles. The monoisotopic (exact) mass is 310 g/mol. The largest absolute Gasteiger partial charge is 0.490 e. The summed E-state index contributed by atoms with van der Waals surface area (Å²) in [5, 5.41) is 10.3. The minimum absolute atomic E-state index is 0.134. The highest BCUT2D eigenvalue weighted by atomic mass is 19.4. The van der Waals surface area contributed by atoms with Gasteiger partial charge >= 0.3 is 18.3 Å². The lowest BCUT2D eigenvalue weighted by Crippen LogP contribution is -2.49. The molecule has 0 aromatic rings. The minimum atomic E-state index is -5.08. The Kier molecular flexibility index (Phi) is 7.28. The van der Waals surface area contributed by atoms with E-state index in [0.717, 1.165) is 19.6 Å². The number of hydrogen-bond acceptors (Lipinski definition) is 3. The number of alkyl halides is 6. The zero-order chi connectivity index (χ0) is 16.0. The number of carboxylic acids is 1. The van der Waals surface area contributed by atoms with Gasteiger partial charge in [0.15, 0.2) is 0 Å². The Hall–Kier alpha value is -1.03. The summed E-state index contributed by atoms with van der Waals surface area (Å²) in [6.07, 6.45) is -9.80. The second-order valence-electron chi connectivity index (χ2n) is 4.32. The predicted molar refractivity (Wildman–Crippen MR) is 58.3 cm³/mol. The molecular formula is C10H16F6N2O2. The predicted octanol–water partition coefficient (Wildman–Crippen LogP) is 1.87. The van der Waals surface area contributed by atoms with Crippen LogP contribution in [0.3, 0.4) is 0 Å². The van der Waals surface area contributed by atoms with Crippen LogP contribution in [-0.4, -0.2) is 60.5 Å². The molecule has 0 aliphatic carbocycles. The zero-order valence-electron chi connectivity index (χ0n) is 10.7. The molecule has 2 N–H and O–H groups in total. The van der Waals surface area contributed by atoms with Gasteiger partial charge in [-0.15, -0.1) is 0 Å². The molecule has 0 spiro atoms. The second kappa shape index (κ2) is 7.67. The smallest absolute Gasteiger partial charge is 0.475 e. The highest BCUT2D eigenvalue weighted by molar-refractivity contribution is 5.73. The summed E-state index contributed by atoms with van der Waals surface area (Å²) < 4.78 is 67.3. The maximum atomic E-state index is 11.9. The normalized spacial score (nSPS) is 21.1. The van der Waals surface area contributed by atoms with Crippen molar-refractivity contribution in [3.63, 3.8) is 0 Å². The van der Waals surface area contributed by atoms with Crippen LogP contribution >= 0.6 is 0 Å². The third-order valence-electron chi connectivity index (χ3n) is 2.41. The first-order chi connectivity index (χ1) is 8.92. The fourth-order valence-electron chi connectivity index (χ4n) is 1.50. The Morgan fingerprint density at radius 2 is 1.80 bits per heavy atom. The van der Waals surface area contributed by atoms with Gasteiger partial charge in [-0.05, 0) is 6.92 Å². The van der Waals surface area contributed by atoms with Crippen LogP contribution < -0.4 is 5.32 Å². The van der Waals surface area contributed by atoms with E-state index in [0.29, 0.717) is 6.04 Å². The molecule has 0 unspecified atom stereocenters. The van der Waals surface area contributed by atoms with Crippen molar-refractivity contribution in [2.24, 2.45) is 0 Å². The highest BCUT2D eigenvalue weighted by Crippen LogP contribution is 2.20. The van der Waals surface area contributed by atoms with Gasteiger partial charge in [0.05, 0.1) is 6.42 Å². The van der Waals surface area contributed by atoms with Crippen LogP contribution in [-0.2, 0) is 4.79 Å². The van der Waals surface area contributed by atoms with Crippen molar-refractivity contribution in [2.45, 2.75) is 31.7 Å². The highest BCUT2D eigenvalue weighted by Gasteiger charge is 2.38. The Labute approximate surface area is 111 Å². The maximum absolute atomic E-state index is 11.9. The molecule has 1 aliphatic rings. The molecular weight excluding hydrogens is 294 g/mol. The van der Waals surface area contributed by atoms with Gasteiger partial charge in [-0.1, -0.05) is 0 Å². The number of nitrogens with one attached hydrogen (secondary N) is 1. The Morgan fingerprint density at radius 1 is 1.30 bits per heavy atom. The maximum Gasteiger partial charge on any atom is 0.490 e. The summed E-state index contributed by atoms with van der Waals surface area (Å²) in [5.41, 5.74) is 0. The molecule has 1 fully saturated rings. The van der Waals surface area contributed by atoms with Gasteiger partial charge in [0.25, 0.3) is 0 Å². The molecule has 1 rings (SSSR count). The first kappa shape index (κ1) is 19.0. The third-order valence-corrected chi connectivity index (χ3v) is 2.41. The molecule has 1 heterocycles. The molecule has 0 aromatic carbocycles. The lowest BCUT2D eigenvalue weighted by atomic mass is 10.2. The average Bonchev–Trinajstić information content (AvgIpc) is 2.25. The molecule has 20 heavy (non-hydrogen) atoms. The molecule has 1 atom stereocenters. The number of piperazine rings is 1. The molecule has 120 valence electrons. The van der Waals surface area contributed by atoms with E-state index in [4.69, 9.17) is 9.90 Å². The molecule has 1 saturated heterocycles. The van der Waals surface area contributed by atoms with Crippen molar-refractivity contribution in [2.75, 3.05) is 26.2 Å². The standard InChI is InChI=1S/C8H15F3N2.C2HF3O2/c1-7-6-13(5-3-12-7)4-2-8(9,10)11;3-2(4,5)1(6)7/h7,12H,2-6H2,1H3;(H,6,7)/t7-;/m0./s1. The SMILES string of the molecule is C[C@H]1CN(CCC(F)(F)F)CCN1.O=C(O)C(F)(F)F. The minimum Gasteiger partial charge on any atom is -0.475 e. The summed E-state index contributed by atoms with van der Waals surface area (Å²) in [4.78, 5) is 10.8. The quantitative estimate of drug-likeness (QED) is 0.765. The summed E-state index contributed by atoms with van der Waals surface area (Å²) in [5.74, 6) is -2.76. The van der Waals surface area contributed by atoms with Crippen molar-refractivity contribution in [1.29, 1.82) is 0 Å². The van der Waals surface area contributed by atoms with Crippen LogP contribution in [0.25, 0.3) is 0 Å². The first-order valence-electron chi connectivity index (χ1n) is 5.74. The van der Waals surface area contributed by atoms with Crippen molar-refractivity contribution < 1.29 is 36.2 Å². The van der Waals surface area contributed by atoms with Crippen LogP contribution in [0.4, 0.5) is 26.3 Å². The van der Waals surface area contributed by atoms with Gasteiger partial charge in [-0.2, -0.15) is 26.3 Å². The van der Waals surface area contributed by atoms with Gasteiger partial charge in [-0.3, -0.25) is 0 Å². The van der Waals surface area contributed by atoms with E-state index in [1.165, 1.54) is 0 Å². The van der Waals surface area contributed by atoms with Crippen LogP contribution in [0.15, 0.2) is 0 Å². The van der Waals surface area contributed by atoms with E-state index in [1.54, 1.807) is 0 Å². The van der Waals surface area contributed by atoms with Crippen LogP contribution in [0.1, 0.15) is 13.3 Å². The third kappa shape index (κ3) is 9.84. The summed E-state index contributed by atoms with van der Waals surface area (Å²) in [7, 11) is 0. The molecule has 0 amide bonds. The zero-order valence-corrected chi connectivity index (χ0v) is 10.7. The van der Waals surface area contributed by atoms with Crippen molar-refractivity contribution in [1.82, 2.24) is 10.2 Å². The topological polar surface area (TPSA) is 52.6 Å². The van der Waals surface area contributed by atoms with E-state index >= 15 is 0 Å². The van der Waals surface area contributed by atoms with Crippen LogP contribution in [0, 0.1) is 0 Å². The second-order valence-corrected chi connectivity index (χ2v) is 4.32. The summed E-state index contributed by atoms with van der Waals surface area (Å²) in [6.45, 7) is 4.35. The van der Waals surface area contributed by atoms with E-state index in [1.807, 2.05) is 11.8 Å². The number of carboxylic acid groups (broad SMARTS) is 1. The molecule has 0 radical (unpaired) electrons. The van der Waals surface area contributed by atoms with Crippen molar-refractivity contribution in [3.05, 3.63) is 0 Å². The fraction of sp³-hybridized carbons (Fsp3) is 0.900. The molecule has 4 nitrogen and oxygen atoms in total. The number of carbonyl (C=O) groups is 1. The Bertz CT molecular complexity index is 305. The van der Waals surface area contributed by atoms with E-state index in [2.05, 4.69) is 5.32 Å². The van der Waals surface area contributed by atoms with Gasteiger partial charge in [0, 0.05) is 32.2 Å². The Morgan fingerprint density at radius 3 is 2.15 bits per heavy atom. The summed E-state index contributed by atoms with van der Waals surface area (Å²) in [6, 6.07) is 0.307. The number of nitrogens with zero attached hydrogens (tertiary/aromatic N) is 1. The van der Waals surface area contributed by atoms with Gasteiger partial charge in [-0.25, -0.2) is 4.79 Å². The number of hydrogen-bond donors (Lipinski definition) is 2. The lowest BCUT2D eigenvalue weighted by molar-refractivity contribution is -0.192. The first-order valence-corrected chi connectivity index (χ1v) is 5.74. The van der Waals surface area contributed by atoms with Gasteiger partial charge < -0.3 is 15.3 Å². The van der Waals surface area contributed by atoms with E-state index in [-0.39, 0.29) is 6.54 Å². The molecule has 10 heteroatoms. The van der Waals surface area contributed by atoms with Gasteiger partial charge in [0.2, 0.25) is 0 Å². The molecule has 0 saturated carbocycles. The Balaban J connectivity index is 0.000000441. The summed E-state index contributed by atoms with van der Waals surface area (Å²) >= 11 is 0. The van der Waals surface area contributed by atoms with Crippen LogP contribution in [0.2, 0.25) is 0 Å². The van der Waals surface area contributed by atoms with Crippen molar-refractivity contribution in [3.8, 4) is 0 Å². The number of rotatable bonds is 2. The van der Waals surface area contributed by atoms with E-state index in [9.17, 15) is 26.3 Å². The molecule has 0 bridgehead atoms. The molecule has 1 aliphatic heterocycles. The number of halogens is 6.